The Morgan fingerprint density at radius 1 is 1.19 bits per heavy atom. The molecule has 1 aliphatic rings. The molecule has 1 heterocycles. The van der Waals surface area contributed by atoms with Gasteiger partial charge in [0.15, 0.2) is 0 Å². The first-order valence-corrected chi connectivity index (χ1v) is 11.1. The van der Waals surface area contributed by atoms with E-state index in [0.717, 1.165) is 31.5 Å². The molecule has 0 aromatic heterocycles. The number of likely N-dealkylation sites (tertiary alicyclic amines) is 1. The highest BCUT2D eigenvalue weighted by atomic mass is 19.1. The third-order valence-corrected chi connectivity index (χ3v) is 5.89. The average molecular weight is 445 g/mol. The monoisotopic (exact) mass is 444 g/mol. The minimum absolute atomic E-state index is 0.00421. The van der Waals surface area contributed by atoms with Crippen LogP contribution in [0.2, 0.25) is 0 Å². The van der Waals surface area contributed by atoms with Crippen LogP contribution < -0.4 is 14.8 Å². The molecule has 1 fully saturated rings. The number of hydrogen-bond donors (Lipinski definition) is 1. The van der Waals surface area contributed by atoms with Gasteiger partial charge in [-0.3, -0.25) is 4.79 Å². The van der Waals surface area contributed by atoms with Crippen molar-refractivity contribution >= 4 is 5.91 Å². The molecule has 0 bridgehead atoms. The van der Waals surface area contributed by atoms with E-state index >= 15 is 0 Å². The summed E-state index contributed by atoms with van der Waals surface area (Å²) in [4.78, 5) is 15.0. The predicted molar refractivity (Wildman–Crippen MR) is 122 cm³/mol. The van der Waals surface area contributed by atoms with Gasteiger partial charge in [0, 0.05) is 38.9 Å². The Hall–Kier alpha value is -2.64. The molecule has 0 saturated carbocycles. The maximum absolute atomic E-state index is 14.0. The van der Waals surface area contributed by atoms with Crippen molar-refractivity contribution in [1.82, 2.24) is 10.2 Å². The van der Waals surface area contributed by atoms with Crippen LogP contribution >= 0.6 is 0 Å². The molecule has 0 aliphatic carbocycles. The molecule has 2 aromatic carbocycles. The van der Waals surface area contributed by atoms with E-state index in [1.807, 2.05) is 12.1 Å². The Kier molecular flexibility index (Phi) is 8.88. The van der Waals surface area contributed by atoms with Crippen LogP contribution in [0.5, 0.6) is 11.5 Å². The second-order valence-electron chi connectivity index (χ2n) is 8.11. The summed E-state index contributed by atoms with van der Waals surface area (Å²) in [5, 5.41) is 2.84. The Balaban J connectivity index is 1.59. The van der Waals surface area contributed by atoms with Gasteiger partial charge in [-0.05, 0) is 49.9 Å². The van der Waals surface area contributed by atoms with Crippen molar-refractivity contribution in [1.29, 1.82) is 0 Å². The van der Waals surface area contributed by atoms with Gasteiger partial charge in [0.05, 0.1) is 19.3 Å². The minimum Gasteiger partial charge on any atom is -0.497 e. The van der Waals surface area contributed by atoms with Crippen LogP contribution in [0.4, 0.5) is 4.39 Å². The molecule has 7 heteroatoms. The molecule has 3 rings (SSSR count). The number of ether oxygens (including phenoxy) is 3. The molecule has 0 spiro atoms. The van der Waals surface area contributed by atoms with E-state index in [9.17, 15) is 9.18 Å². The summed E-state index contributed by atoms with van der Waals surface area (Å²) >= 11 is 0. The van der Waals surface area contributed by atoms with E-state index in [1.165, 1.54) is 6.07 Å². The van der Waals surface area contributed by atoms with E-state index in [-0.39, 0.29) is 23.9 Å². The van der Waals surface area contributed by atoms with Crippen molar-refractivity contribution in [2.75, 3.05) is 40.5 Å². The van der Waals surface area contributed by atoms with Crippen LogP contribution in [0.25, 0.3) is 0 Å². The van der Waals surface area contributed by atoms with Gasteiger partial charge in [0.1, 0.15) is 23.4 Å². The van der Waals surface area contributed by atoms with E-state index in [4.69, 9.17) is 14.2 Å². The number of halogens is 1. The lowest BCUT2D eigenvalue weighted by Crippen LogP contribution is -2.44. The zero-order valence-corrected chi connectivity index (χ0v) is 19.1. The lowest BCUT2D eigenvalue weighted by atomic mass is 10.0. The first kappa shape index (κ1) is 24.0. The van der Waals surface area contributed by atoms with Crippen molar-refractivity contribution in [3.63, 3.8) is 0 Å². The first-order chi connectivity index (χ1) is 15.5. The van der Waals surface area contributed by atoms with Gasteiger partial charge in [-0.25, -0.2) is 4.39 Å². The summed E-state index contributed by atoms with van der Waals surface area (Å²) in [6.07, 6.45) is 2.36. The van der Waals surface area contributed by atoms with Crippen LogP contribution in [0, 0.1) is 5.82 Å². The summed E-state index contributed by atoms with van der Waals surface area (Å²) in [6.45, 7) is 4.73. The molecule has 1 amide bonds. The van der Waals surface area contributed by atoms with E-state index < -0.39 is 0 Å². The second-order valence-corrected chi connectivity index (χ2v) is 8.11. The van der Waals surface area contributed by atoms with Gasteiger partial charge in [0.25, 0.3) is 5.91 Å². The molecule has 2 aromatic rings. The predicted octanol–water partition coefficient (Wildman–Crippen LogP) is 3.68. The first-order valence-electron chi connectivity index (χ1n) is 11.1. The maximum Gasteiger partial charge on any atom is 0.255 e. The second kappa shape index (κ2) is 11.8. The van der Waals surface area contributed by atoms with Crippen LogP contribution in [-0.4, -0.2) is 63.4 Å². The number of amides is 1. The van der Waals surface area contributed by atoms with E-state index in [0.29, 0.717) is 36.6 Å². The van der Waals surface area contributed by atoms with Crippen LogP contribution in [0.1, 0.15) is 35.7 Å². The zero-order valence-electron chi connectivity index (χ0n) is 19.1. The van der Waals surface area contributed by atoms with Gasteiger partial charge in [-0.2, -0.15) is 0 Å². The summed E-state index contributed by atoms with van der Waals surface area (Å²) < 4.78 is 30.6. The lowest BCUT2D eigenvalue weighted by molar-refractivity contribution is 0.0772. The number of methoxy groups -OCH3 is 2. The topological polar surface area (TPSA) is 60.0 Å². The Morgan fingerprint density at radius 2 is 1.94 bits per heavy atom. The smallest absolute Gasteiger partial charge is 0.255 e. The van der Waals surface area contributed by atoms with Gasteiger partial charge >= 0.3 is 0 Å². The molecule has 1 saturated heterocycles. The molecule has 1 N–H and O–H groups in total. The number of rotatable bonds is 10. The third-order valence-electron chi connectivity index (χ3n) is 5.89. The van der Waals surface area contributed by atoms with Crippen molar-refractivity contribution in [2.45, 2.75) is 38.3 Å². The highest BCUT2D eigenvalue weighted by Crippen LogP contribution is 2.28. The highest BCUT2D eigenvalue weighted by Gasteiger charge is 2.26. The number of carbonyl (C=O) groups is 1. The van der Waals surface area contributed by atoms with Crippen molar-refractivity contribution in [3.05, 3.63) is 59.4 Å². The Morgan fingerprint density at radius 3 is 2.62 bits per heavy atom. The molecule has 6 nitrogen and oxygen atoms in total. The summed E-state index contributed by atoms with van der Waals surface area (Å²) in [5.74, 6) is 0.823. The van der Waals surface area contributed by atoms with Gasteiger partial charge in [0.2, 0.25) is 0 Å². The largest absolute Gasteiger partial charge is 0.497 e. The highest BCUT2D eigenvalue weighted by molar-refractivity contribution is 5.97. The van der Waals surface area contributed by atoms with Crippen LogP contribution in [-0.2, 0) is 11.2 Å². The average Bonchev–Trinajstić information content (AvgIpc) is 2.81. The lowest BCUT2D eigenvalue weighted by Gasteiger charge is -2.36. The van der Waals surface area contributed by atoms with Crippen molar-refractivity contribution in [2.24, 2.45) is 0 Å². The molecule has 0 unspecified atom stereocenters. The molecule has 1 aliphatic heterocycles. The zero-order chi connectivity index (χ0) is 22.9. The number of nitrogens with zero attached hydrogens (tertiary/aromatic N) is 1. The van der Waals surface area contributed by atoms with Crippen LogP contribution in [0.3, 0.4) is 0 Å². The quantitative estimate of drug-likeness (QED) is 0.567. The number of carbonyl (C=O) groups excluding carboxylic acids is 1. The SMILES string of the molecule is COCCNC(=O)c1ccc(OC)cc1OC1CCN([C@H](C)Cc2ccccc2F)CC1. The maximum atomic E-state index is 14.0. The van der Waals surface area contributed by atoms with Gasteiger partial charge < -0.3 is 24.4 Å². The van der Waals surface area contributed by atoms with E-state index in [2.05, 4.69) is 17.1 Å². The molecule has 1 atom stereocenters. The summed E-state index contributed by atoms with van der Waals surface area (Å²) in [5.41, 5.74) is 1.23. The Labute approximate surface area is 189 Å². The summed E-state index contributed by atoms with van der Waals surface area (Å²) in [6, 6.07) is 12.4. The fraction of sp³-hybridized carbons (Fsp3) is 0.480. The summed E-state index contributed by atoms with van der Waals surface area (Å²) in [7, 11) is 3.19. The normalized spacial score (nSPS) is 15.9. The van der Waals surface area contributed by atoms with Crippen molar-refractivity contribution in [3.8, 4) is 11.5 Å². The number of benzene rings is 2. The van der Waals surface area contributed by atoms with Crippen LogP contribution in [0.15, 0.2) is 42.5 Å². The number of piperidine rings is 1. The van der Waals surface area contributed by atoms with Gasteiger partial charge in [-0.15, -0.1) is 0 Å². The third kappa shape index (κ3) is 6.43. The molecular weight excluding hydrogens is 411 g/mol. The minimum atomic E-state index is -0.198. The van der Waals surface area contributed by atoms with E-state index in [1.54, 1.807) is 38.5 Å². The number of hydrogen-bond acceptors (Lipinski definition) is 5. The molecule has 32 heavy (non-hydrogen) atoms. The van der Waals surface area contributed by atoms with Gasteiger partial charge in [-0.1, -0.05) is 18.2 Å². The molecule has 174 valence electrons. The fourth-order valence-electron chi connectivity index (χ4n) is 4.00. The molecular formula is C25H33FN2O4. The van der Waals surface area contributed by atoms with Crippen molar-refractivity contribution < 1.29 is 23.4 Å². The standard InChI is InChI=1S/C25H33FN2O4/c1-18(16-19-6-4-5-7-23(19)26)28-13-10-20(11-14-28)32-24-17-21(31-3)8-9-22(24)25(29)27-12-15-30-2/h4-9,17-18,20H,10-16H2,1-3H3,(H,27,29)/t18-/m1/s1. The Bertz CT molecular complexity index is 884. The number of nitrogens with one attached hydrogen (secondary N) is 1. The molecule has 0 radical (unpaired) electrons. The fourth-order valence-corrected chi connectivity index (χ4v) is 4.00.